The highest BCUT2D eigenvalue weighted by Crippen LogP contribution is 2.42. The zero-order valence-electron chi connectivity index (χ0n) is 9.91. The molecule has 0 saturated heterocycles. The molecule has 1 aromatic rings. The first-order valence-corrected chi connectivity index (χ1v) is 5.70. The highest BCUT2D eigenvalue weighted by Gasteiger charge is 2.36. The third kappa shape index (κ3) is 1.84. The minimum atomic E-state index is -1.01. The molecule has 1 fully saturated rings. The highest BCUT2D eigenvalue weighted by atomic mass is 16.4. The minimum Gasteiger partial charge on any atom is -0.475 e. The van der Waals surface area contributed by atoms with E-state index in [0.717, 1.165) is 19.3 Å². The molecule has 1 aliphatic carbocycles. The summed E-state index contributed by atoms with van der Waals surface area (Å²) in [5.41, 5.74) is 0.446. The van der Waals surface area contributed by atoms with Gasteiger partial charge in [0, 0.05) is 11.3 Å². The Morgan fingerprint density at radius 1 is 1.56 bits per heavy atom. The van der Waals surface area contributed by atoms with Crippen molar-refractivity contribution in [3.63, 3.8) is 0 Å². The van der Waals surface area contributed by atoms with Crippen LogP contribution in [0.3, 0.4) is 0 Å². The van der Waals surface area contributed by atoms with Crippen LogP contribution in [0.4, 0.5) is 0 Å². The van der Waals surface area contributed by atoms with Crippen LogP contribution in [0.15, 0.2) is 4.42 Å². The van der Waals surface area contributed by atoms with Crippen molar-refractivity contribution in [3.8, 4) is 0 Å². The number of carboxylic acids is 1. The molecule has 0 amide bonds. The van der Waals surface area contributed by atoms with Crippen molar-refractivity contribution in [2.45, 2.75) is 51.4 Å². The predicted octanol–water partition coefficient (Wildman–Crippen LogP) is 2.94. The van der Waals surface area contributed by atoms with Gasteiger partial charge in [0.05, 0.1) is 5.69 Å². The Morgan fingerprint density at radius 2 is 2.19 bits per heavy atom. The van der Waals surface area contributed by atoms with Crippen molar-refractivity contribution in [1.82, 2.24) is 4.98 Å². The molecule has 1 heterocycles. The maximum absolute atomic E-state index is 11.0. The van der Waals surface area contributed by atoms with Gasteiger partial charge in [-0.05, 0) is 19.3 Å². The summed E-state index contributed by atoms with van der Waals surface area (Å²) in [5, 5.41) is 9.06. The van der Waals surface area contributed by atoms with Gasteiger partial charge in [-0.1, -0.05) is 20.8 Å². The second-order valence-corrected chi connectivity index (χ2v) is 5.05. The first-order valence-electron chi connectivity index (χ1n) is 5.70. The van der Waals surface area contributed by atoms with Crippen LogP contribution in [-0.4, -0.2) is 16.1 Å². The summed E-state index contributed by atoms with van der Waals surface area (Å²) in [6.07, 6.45) is 2.92. The van der Waals surface area contributed by atoms with Gasteiger partial charge in [0.1, 0.15) is 0 Å². The average Bonchev–Trinajstić information content (AvgIpc) is 2.96. The second-order valence-electron chi connectivity index (χ2n) is 5.05. The van der Waals surface area contributed by atoms with E-state index in [0.29, 0.717) is 17.5 Å². The van der Waals surface area contributed by atoms with Crippen LogP contribution in [0.5, 0.6) is 0 Å². The average molecular weight is 223 g/mol. The maximum atomic E-state index is 11.0. The van der Waals surface area contributed by atoms with Gasteiger partial charge in [0.2, 0.25) is 11.7 Å². The number of hydrogen-bond acceptors (Lipinski definition) is 3. The zero-order chi connectivity index (χ0) is 11.9. The van der Waals surface area contributed by atoms with Crippen LogP contribution >= 0.6 is 0 Å². The van der Waals surface area contributed by atoms with E-state index in [2.05, 4.69) is 4.98 Å². The maximum Gasteiger partial charge on any atom is 0.373 e. The first kappa shape index (κ1) is 11.2. The van der Waals surface area contributed by atoms with Crippen molar-refractivity contribution >= 4 is 5.97 Å². The highest BCUT2D eigenvalue weighted by molar-refractivity contribution is 5.86. The fraction of sp³-hybridized carbons (Fsp3) is 0.667. The van der Waals surface area contributed by atoms with Crippen LogP contribution in [0.2, 0.25) is 0 Å². The van der Waals surface area contributed by atoms with Gasteiger partial charge in [-0.25, -0.2) is 9.78 Å². The summed E-state index contributed by atoms with van der Waals surface area (Å²) in [5.74, 6) is -0.114. The lowest BCUT2D eigenvalue weighted by molar-refractivity contribution is 0.0656. The topological polar surface area (TPSA) is 63.3 Å². The lowest BCUT2D eigenvalue weighted by Gasteiger charge is -2.17. The molecule has 0 radical (unpaired) electrons. The molecule has 1 aromatic heterocycles. The Balaban J connectivity index is 2.42. The molecule has 4 heteroatoms. The largest absolute Gasteiger partial charge is 0.475 e. The van der Waals surface area contributed by atoms with Crippen LogP contribution in [-0.2, 0) is 5.41 Å². The van der Waals surface area contributed by atoms with E-state index in [-0.39, 0.29) is 11.2 Å². The third-order valence-corrected chi connectivity index (χ3v) is 3.27. The van der Waals surface area contributed by atoms with E-state index in [9.17, 15) is 4.79 Å². The van der Waals surface area contributed by atoms with Crippen molar-refractivity contribution in [3.05, 3.63) is 17.3 Å². The fourth-order valence-corrected chi connectivity index (χ4v) is 1.56. The van der Waals surface area contributed by atoms with Gasteiger partial charge < -0.3 is 9.52 Å². The number of oxazole rings is 1. The van der Waals surface area contributed by atoms with Gasteiger partial charge in [0.25, 0.3) is 0 Å². The fourth-order valence-electron chi connectivity index (χ4n) is 1.56. The van der Waals surface area contributed by atoms with E-state index in [4.69, 9.17) is 9.52 Å². The summed E-state index contributed by atoms with van der Waals surface area (Å²) in [4.78, 5) is 15.4. The molecule has 0 unspecified atom stereocenters. The number of aromatic carboxylic acids is 1. The minimum absolute atomic E-state index is 0.0408. The second kappa shape index (κ2) is 3.61. The van der Waals surface area contributed by atoms with Crippen LogP contribution < -0.4 is 0 Å². The van der Waals surface area contributed by atoms with Crippen molar-refractivity contribution in [2.75, 3.05) is 0 Å². The molecule has 1 N–H and O–H groups in total. The molecule has 0 aliphatic heterocycles. The van der Waals surface area contributed by atoms with Crippen molar-refractivity contribution in [1.29, 1.82) is 0 Å². The number of carbonyl (C=O) groups is 1. The normalized spacial score (nSPS) is 16.4. The van der Waals surface area contributed by atoms with E-state index >= 15 is 0 Å². The Bertz CT molecular complexity index is 416. The number of carboxylic acid groups (broad SMARTS) is 1. The summed E-state index contributed by atoms with van der Waals surface area (Å²) < 4.78 is 5.42. The Morgan fingerprint density at radius 3 is 2.62 bits per heavy atom. The van der Waals surface area contributed by atoms with Gasteiger partial charge in [-0.2, -0.15) is 0 Å². The first-order chi connectivity index (χ1) is 7.45. The molecule has 1 saturated carbocycles. The van der Waals surface area contributed by atoms with Gasteiger partial charge in [-0.15, -0.1) is 0 Å². The SMILES string of the molecule is CCC(C)(C)c1nc(C2CC2)c(C(=O)O)o1. The third-order valence-electron chi connectivity index (χ3n) is 3.27. The number of nitrogens with zero attached hydrogens (tertiary/aromatic N) is 1. The van der Waals surface area contributed by atoms with Crippen LogP contribution in [0, 0.1) is 0 Å². The summed E-state index contributed by atoms with van der Waals surface area (Å²) in [6, 6.07) is 0. The molecule has 88 valence electrons. The van der Waals surface area contributed by atoms with Crippen LogP contribution in [0.25, 0.3) is 0 Å². The molecule has 0 spiro atoms. The van der Waals surface area contributed by atoms with Gasteiger partial charge in [-0.3, -0.25) is 0 Å². The van der Waals surface area contributed by atoms with Crippen molar-refractivity contribution in [2.24, 2.45) is 0 Å². The quantitative estimate of drug-likeness (QED) is 0.852. The van der Waals surface area contributed by atoms with E-state index in [1.54, 1.807) is 0 Å². The molecular weight excluding hydrogens is 206 g/mol. The molecular formula is C12H17NO3. The van der Waals surface area contributed by atoms with Crippen molar-refractivity contribution < 1.29 is 14.3 Å². The predicted molar refractivity (Wildman–Crippen MR) is 58.8 cm³/mol. The molecule has 0 atom stereocenters. The monoisotopic (exact) mass is 223 g/mol. The molecule has 0 aromatic carbocycles. The summed E-state index contributed by atoms with van der Waals surface area (Å²) >= 11 is 0. The molecule has 1 aliphatic rings. The Labute approximate surface area is 94.7 Å². The van der Waals surface area contributed by atoms with E-state index < -0.39 is 5.97 Å². The van der Waals surface area contributed by atoms with Crippen LogP contribution in [0.1, 0.15) is 68.1 Å². The van der Waals surface area contributed by atoms with Gasteiger partial charge >= 0.3 is 5.97 Å². The molecule has 4 nitrogen and oxygen atoms in total. The zero-order valence-corrected chi connectivity index (χ0v) is 9.91. The van der Waals surface area contributed by atoms with Gasteiger partial charge in [0.15, 0.2) is 0 Å². The summed E-state index contributed by atoms with van der Waals surface area (Å²) in [6.45, 7) is 6.07. The lowest BCUT2D eigenvalue weighted by atomic mass is 9.90. The molecule has 0 bridgehead atoms. The van der Waals surface area contributed by atoms with E-state index in [1.807, 2.05) is 20.8 Å². The summed E-state index contributed by atoms with van der Waals surface area (Å²) in [7, 11) is 0. The smallest absolute Gasteiger partial charge is 0.373 e. The standard InChI is InChI=1S/C12H17NO3/c1-4-12(2,3)11-13-8(7-5-6-7)9(16-11)10(14)15/h7H,4-6H2,1-3H3,(H,14,15). The molecule has 2 rings (SSSR count). The number of hydrogen-bond donors (Lipinski definition) is 1. The number of aromatic nitrogens is 1. The molecule has 16 heavy (non-hydrogen) atoms. The lowest BCUT2D eigenvalue weighted by Crippen LogP contribution is -2.15. The Hall–Kier alpha value is -1.32. The Kier molecular flexibility index (Phi) is 2.52. The number of rotatable bonds is 4. The van der Waals surface area contributed by atoms with E-state index in [1.165, 1.54) is 0 Å².